The Morgan fingerprint density at radius 3 is 2.64 bits per heavy atom. The van der Waals surface area contributed by atoms with Crippen LogP contribution in [0.15, 0.2) is 49.1 Å². The monoisotopic (exact) mass is 336 g/mol. The smallest absolute Gasteiger partial charge is 0.255 e. The van der Waals surface area contributed by atoms with Crippen molar-refractivity contribution in [1.82, 2.24) is 19.8 Å². The van der Waals surface area contributed by atoms with Crippen LogP contribution >= 0.6 is 0 Å². The van der Waals surface area contributed by atoms with Crippen LogP contribution in [0.1, 0.15) is 35.2 Å². The van der Waals surface area contributed by atoms with Crippen molar-refractivity contribution in [3.8, 4) is 0 Å². The fourth-order valence-corrected chi connectivity index (χ4v) is 4.30. The zero-order valence-corrected chi connectivity index (χ0v) is 14.5. The summed E-state index contributed by atoms with van der Waals surface area (Å²) in [4.78, 5) is 25.6. The minimum absolute atomic E-state index is 0.123. The maximum Gasteiger partial charge on any atom is 0.255 e. The highest BCUT2D eigenvalue weighted by molar-refractivity contribution is 5.94. The van der Waals surface area contributed by atoms with Crippen LogP contribution in [0, 0.1) is 5.41 Å². The number of carbonyl (C=O) groups excluding carboxylic acids is 1. The number of carbonyl (C=O) groups is 1. The standard InChI is InChI=1S/C20H24N4O/c25-19(18-5-2-9-22-13-18)24-10-3-6-20(16-24)7-11-23(15-20)14-17-4-1-8-21-12-17/h1-2,4-5,8-9,12-13H,3,6-7,10-11,14-16H2/t20-/m1/s1. The molecule has 5 heteroatoms. The zero-order valence-electron chi connectivity index (χ0n) is 14.5. The van der Waals surface area contributed by atoms with Crippen LogP contribution in [0.4, 0.5) is 0 Å². The Morgan fingerprint density at radius 1 is 1.04 bits per heavy atom. The number of piperidine rings is 1. The second kappa shape index (κ2) is 6.92. The molecule has 1 spiro atoms. The molecule has 25 heavy (non-hydrogen) atoms. The van der Waals surface area contributed by atoms with Gasteiger partial charge in [0.15, 0.2) is 0 Å². The Morgan fingerprint density at radius 2 is 1.88 bits per heavy atom. The highest BCUT2D eigenvalue weighted by atomic mass is 16.2. The molecule has 2 aliphatic rings. The first-order valence-electron chi connectivity index (χ1n) is 9.05. The fraction of sp³-hybridized carbons (Fsp3) is 0.450. The number of pyridine rings is 2. The predicted octanol–water partition coefficient (Wildman–Crippen LogP) is 2.60. The van der Waals surface area contributed by atoms with E-state index in [0.29, 0.717) is 5.56 Å². The average Bonchev–Trinajstić information content (AvgIpc) is 3.04. The summed E-state index contributed by atoms with van der Waals surface area (Å²) in [5.41, 5.74) is 2.21. The summed E-state index contributed by atoms with van der Waals surface area (Å²) in [5, 5.41) is 0. The van der Waals surface area contributed by atoms with E-state index in [1.165, 1.54) is 18.4 Å². The van der Waals surface area contributed by atoms with Gasteiger partial charge in [-0.1, -0.05) is 6.07 Å². The van der Waals surface area contributed by atoms with Crippen molar-refractivity contribution in [2.45, 2.75) is 25.8 Å². The van der Waals surface area contributed by atoms with Crippen LogP contribution in [0.2, 0.25) is 0 Å². The quantitative estimate of drug-likeness (QED) is 0.864. The summed E-state index contributed by atoms with van der Waals surface area (Å²) >= 11 is 0. The molecule has 4 heterocycles. The lowest BCUT2D eigenvalue weighted by molar-refractivity contribution is 0.0526. The molecular formula is C20H24N4O. The Kier molecular flexibility index (Phi) is 4.49. The van der Waals surface area contributed by atoms with Gasteiger partial charge >= 0.3 is 0 Å². The number of likely N-dealkylation sites (tertiary alicyclic amines) is 2. The molecule has 2 saturated heterocycles. The first-order chi connectivity index (χ1) is 12.2. The van der Waals surface area contributed by atoms with Crippen molar-refractivity contribution in [1.29, 1.82) is 0 Å². The molecule has 0 aromatic carbocycles. The largest absolute Gasteiger partial charge is 0.338 e. The molecular weight excluding hydrogens is 312 g/mol. The van der Waals surface area contributed by atoms with E-state index in [4.69, 9.17) is 0 Å². The second-order valence-corrected chi connectivity index (χ2v) is 7.39. The average molecular weight is 336 g/mol. The van der Waals surface area contributed by atoms with Crippen molar-refractivity contribution >= 4 is 5.91 Å². The molecule has 2 aromatic rings. The summed E-state index contributed by atoms with van der Waals surface area (Å²) < 4.78 is 0. The number of hydrogen-bond donors (Lipinski definition) is 0. The minimum atomic E-state index is 0.123. The van der Waals surface area contributed by atoms with Crippen molar-refractivity contribution in [2.24, 2.45) is 5.41 Å². The molecule has 2 fully saturated rings. The van der Waals surface area contributed by atoms with Crippen LogP contribution in [0.25, 0.3) is 0 Å². The molecule has 4 rings (SSSR count). The van der Waals surface area contributed by atoms with Crippen molar-refractivity contribution < 1.29 is 4.79 Å². The Labute approximate surface area is 148 Å². The van der Waals surface area contributed by atoms with E-state index in [1.54, 1.807) is 12.4 Å². The lowest BCUT2D eigenvalue weighted by Gasteiger charge is -2.40. The van der Waals surface area contributed by atoms with Gasteiger partial charge < -0.3 is 4.90 Å². The van der Waals surface area contributed by atoms with E-state index >= 15 is 0 Å². The molecule has 130 valence electrons. The number of rotatable bonds is 3. The lowest BCUT2D eigenvalue weighted by Crippen LogP contribution is -2.47. The number of aromatic nitrogens is 2. The van der Waals surface area contributed by atoms with Gasteiger partial charge in [0, 0.05) is 56.4 Å². The van der Waals surface area contributed by atoms with Crippen LogP contribution in [0.5, 0.6) is 0 Å². The first-order valence-corrected chi connectivity index (χ1v) is 9.05. The van der Waals surface area contributed by atoms with Gasteiger partial charge in [0.05, 0.1) is 5.56 Å². The number of amides is 1. The molecule has 2 aliphatic heterocycles. The van der Waals surface area contributed by atoms with E-state index in [-0.39, 0.29) is 11.3 Å². The highest BCUT2D eigenvalue weighted by Crippen LogP contribution is 2.39. The minimum Gasteiger partial charge on any atom is -0.338 e. The van der Waals surface area contributed by atoms with Gasteiger partial charge in [-0.15, -0.1) is 0 Å². The highest BCUT2D eigenvalue weighted by Gasteiger charge is 2.42. The zero-order chi connectivity index (χ0) is 17.1. The van der Waals surface area contributed by atoms with E-state index < -0.39 is 0 Å². The molecule has 0 aliphatic carbocycles. The van der Waals surface area contributed by atoms with Crippen LogP contribution < -0.4 is 0 Å². The maximum atomic E-state index is 12.8. The van der Waals surface area contributed by atoms with E-state index in [2.05, 4.69) is 20.9 Å². The molecule has 0 unspecified atom stereocenters. The van der Waals surface area contributed by atoms with Gasteiger partial charge in [-0.3, -0.25) is 19.7 Å². The van der Waals surface area contributed by atoms with Crippen molar-refractivity contribution in [3.63, 3.8) is 0 Å². The summed E-state index contributed by atoms with van der Waals surface area (Å²) in [6.07, 6.45) is 10.6. The summed E-state index contributed by atoms with van der Waals surface area (Å²) in [6.45, 7) is 4.84. The Balaban J connectivity index is 1.42. The second-order valence-electron chi connectivity index (χ2n) is 7.39. The molecule has 5 nitrogen and oxygen atoms in total. The molecule has 0 bridgehead atoms. The van der Waals surface area contributed by atoms with Crippen molar-refractivity contribution in [2.75, 3.05) is 26.2 Å². The Hall–Kier alpha value is -2.27. The maximum absolute atomic E-state index is 12.8. The summed E-state index contributed by atoms with van der Waals surface area (Å²) in [6, 6.07) is 7.82. The van der Waals surface area contributed by atoms with E-state index in [0.717, 1.165) is 39.1 Å². The van der Waals surface area contributed by atoms with Gasteiger partial charge in [-0.05, 0) is 49.6 Å². The SMILES string of the molecule is O=C(c1cccnc1)N1CCC[C@]2(CCN(Cc3cccnc3)C2)C1. The van der Waals surface area contributed by atoms with Gasteiger partial charge in [0.1, 0.15) is 0 Å². The van der Waals surface area contributed by atoms with Gasteiger partial charge in [-0.2, -0.15) is 0 Å². The van der Waals surface area contributed by atoms with Crippen LogP contribution in [-0.4, -0.2) is 51.9 Å². The first kappa shape index (κ1) is 16.2. The Bertz CT molecular complexity index is 721. The summed E-state index contributed by atoms with van der Waals surface area (Å²) in [5.74, 6) is 0.123. The topological polar surface area (TPSA) is 49.3 Å². The van der Waals surface area contributed by atoms with Gasteiger partial charge in [0.2, 0.25) is 0 Å². The molecule has 1 amide bonds. The third-order valence-corrected chi connectivity index (χ3v) is 5.50. The molecule has 0 N–H and O–H groups in total. The molecule has 0 saturated carbocycles. The van der Waals surface area contributed by atoms with Gasteiger partial charge in [-0.25, -0.2) is 0 Å². The normalized spacial score (nSPS) is 23.9. The van der Waals surface area contributed by atoms with E-state index in [1.807, 2.05) is 35.5 Å². The van der Waals surface area contributed by atoms with Crippen LogP contribution in [0.3, 0.4) is 0 Å². The van der Waals surface area contributed by atoms with Crippen LogP contribution in [-0.2, 0) is 6.54 Å². The predicted molar refractivity (Wildman–Crippen MR) is 95.9 cm³/mol. The third kappa shape index (κ3) is 3.56. The van der Waals surface area contributed by atoms with E-state index in [9.17, 15) is 4.79 Å². The number of nitrogens with zero attached hydrogens (tertiary/aromatic N) is 4. The third-order valence-electron chi connectivity index (χ3n) is 5.50. The molecule has 0 radical (unpaired) electrons. The van der Waals surface area contributed by atoms with Gasteiger partial charge in [0.25, 0.3) is 5.91 Å². The lowest BCUT2D eigenvalue weighted by atomic mass is 9.79. The summed E-state index contributed by atoms with van der Waals surface area (Å²) in [7, 11) is 0. The molecule has 1 atom stereocenters. The molecule has 2 aromatic heterocycles. The van der Waals surface area contributed by atoms with Crippen molar-refractivity contribution in [3.05, 3.63) is 60.2 Å². The fourth-order valence-electron chi connectivity index (χ4n) is 4.30. The number of hydrogen-bond acceptors (Lipinski definition) is 4.